The van der Waals surface area contributed by atoms with Crippen molar-refractivity contribution >= 4 is 46.0 Å². The van der Waals surface area contributed by atoms with Gasteiger partial charge in [0.15, 0.2) is 10.9 Å². The Morgan fingerprint density at radius 3 is 2.65 bits per heavy atom. The Balaban J connectivity index is 1.84. The van der Waals surface area contributed by atoms with E-state index in [4.69, 9.17) is 27.0 Å². The van der Waals surface area contributed by atoms with Gasteiger partial charge in [0, 0.05) is 0 Å². The fourth-order valence-electron chi connectivity index (χ4n) is 2.42. The van der Waals surface area contributed by atoms with Crippen LogP contribution in [0.2, 0.25) is 0 Å². The first-order chi connectivity index (χ1) is 12.6. The van der Waals surface area contributed by atoms with E-state index in [9.17, 15) is 4.79 Å². The molecule has 1 aliphatic heterocycles. The summed E-state index contributed by atoms with van der Waals surface area (Å²) in [6.45, 7) is -0.00306. The van der Waals surface area contributed by atoms with Gasteiger partial charge >= 0.3 is 0 Å². The second-order valence-corrected chi connectivity index (χ2v) is 6.88. The number of nitriles is 1. The summed E-state index contributed by atoms with van der Waals surface area (Å²) in [5.41, 5.74) is 1.47. The summed E-state index contributed by atoms with van der Waals surface area (Å²) in [6, 6.07) is 16.3. The van der Waals surface area contributed by atoms with Gasteiger partial charge in [0.25, 0.3) is 5.91 Å². The number of para-hydroxylation sites is 2. The smallest absolute Gasteiger partial charge is 0.270 e. The number of thioether (sulfide) groups is 1. The molecule has 7 heteroatoms. The largest absolute Gasteiger partial charge is 0.495 e. The van der Waals surface area contributed by atoms with Crippen LogP contribution in [0.4, 0.5) is 5.69 Å². The van der Waals surface area contributed by atoms with Gasteiger partial charge in [-0.2, -0.15) is 5.26 Å². The number of thiocarbonyl (C=S) groups is 1. The Labute approximate surface area is 160 Å². The van der Waals surface area contributed by atoms with Gasteiger partial charge in [-0.3, -0.25) is 9.69 Å². The quantitative estimate of drug-likeness (QED) is 0.575. The normalized spacial score (nSPS) is 15.2. The number of hydrogen-bond acceptors (Lipinski definition) is 6. The molecule has 0 aliphatic carbocycles. The predicted molar refractivity (Wildman–Crippen MR) is 106 cm³/mol. The Hall–Kier alpha value is -2.82. The molecule has 0 spiro atoms. The zero-order valence-electron chi connectivity index (χ0n) is 13.8. The summed E-state index contributed by atoms with van der Waals surface area (Å²) in [6.07, 6.45) is 1.78. The predicted octanol–water partition coefficient (Wildman–Crippen LogP) is 4.00. The summed E-state index contributed by atoms with van der Waals surface area (Å²) >= 11 is 6.64. The van der Waals surface area contributed by atoms with E-state index in [0.717, 1.165) is 5.56 Å². The van der Waals surface area contributed by atoms with Crippen LogP contribution in [0.25, 0.3) is 6.08 Å². The third-order valence-electron chi connectivity index (χ3n) is 3.60. The maximum Gasteiger partial charge on any atom is 0.270 e. The van der Waals surface area contributed by atoms with Gasteiger partial charge in [-0.25, -0.2) is 0 Å². The molecule has 0 atom stereocenters. The van der Waals surface area contributed by atoms with Crippen LogP contribution in [0, 0.1) is 11.3 Å². The average Bonchev–Trinajstić information content (AvgIpc) is 2.94. The van der Waals surface area contributed by atoms with E-state index in [1.165, 1.54) is 16.7 Å². The lowest BCUT2D eigenvalue weighted by atomic mass is 10.2. The second kappa shape index (κ2) is 8.04. The summed E-state index contributed by atoms with van der Waals surface area (Å²) in [5, 5.41) is 8.53. The Morgan fingerprint density at radius 2 is 1.96 bits per heavy atom. The molecule has 1 fully saturated rings. The van der Waals surface area contributed by atoms with Crippen LogP contribution in [-0.4, -0.2) is 23.9 Å². The molecule has 130 valence electrons. The minimum atomic E-state index is -0.186. The van der Waals surface area contributed by atoms with Crippen LogP contribution in [0.5, 0.6) is 11.5 Å². The number of anilines is 1. The van der Waals surface area contributed by atoms with Crippen LogP contribution in [-0.2, 0) is 4.79 Å². The molecule has 1 heterocycles. The highest BCUT2D eigenvalue weighted by atomic mass is 32.2. The highest BCUT2D eigenvalue weighted by Crippen LogP contribution is 2.39. The number of methoxy groups -OCH3 is 1. The number of ether oxygens (including phenoxy) is 2. The van der Waals surface area contributed by atoms with E-state index < -0.39 is 0 Å². The van der Waals surface area contributed by atoms with Crippen molar-refractivity contribution in [3.8, 4) is 17.6 Å². The van der Waals surface area contributed by atoms with E-state index in [2.05, 4.69) is 0 Å². The van der Waals surface area contributed by atoms with Crippen molar-refractivity contribution in [1.82, 2.24) is 0 Å². The standard InChI is InChI=1S/C19H14N2O3S2/c1-23-16-5-3-2-4-15(16)21-18(22)17(26-19(21)25)12-13-6-8-14(9-7-13)24-11-10-20/h2-9,12H,11H2,1H3/b17-12-. The minimum Gasteiger partial charge on any atom is -0.495 e. The Bertz CT molecular complexity index is 917. The zero-order valence-corrected chi connectivity index (χ0v) is 15.5. The fourth-order valence-corrected chi connectivity index (χ4v) is 3.70. The maximum absolute atomic E-state index is 12.8. The van der Waals surface area contributed by atoms with E-state index in [1.54, 1.807) is 37.5 Å². The molecule has 0 N–H and O–H groups in total. The molecule has 0 radical (unpaired) electrons. The van der Waals surface area contributed by atoms with Crippen molar-refractivity contribution in [2.45, 2.75) is 0 Å². The molecule has 26 heavy (non-hydrogen) atoms. The van der Waals surface area contributed by atoms with Crippen LogP contribution in [0.1, 0.15) is 5.56 Å². The monoisotopic (exact) mass is 382 g/mol. The van der Waals surface area contributed by atoms with E-state index in [-0.39, 0.29) is 12.5 Å². The summed E-state index contributed by atoms with van der Waals surface area (Å²) in [4.78, 5) is 14.8. The molecule has 0 bridgehead atoms. The summed E-state index contributed by atoms with van der Waals surface area (Å²) < 4.78 is 11.0. The summed E-state index contributed by atoms with van der Waals surface area (Å²) in [5.74, 6) is 1.00. The first kappa shape index (κ1) is 18.0. The number of carbonyl (C=O) groups excluding carboxylic acids is 1. The molecule has 2 aromatic carbocycles. The lowest BCUT2D eigenvalue weighted by molar-refractivity contribution is -0.113. The Kier molecular flexibility index (Phi) is 5.56. The van der Waals surface area contributed by atoms with Crippen LogP contribution >= 0.6 is 24.0 Å². The third kappa shape index (κ3) is 3.72. The molecule has 3 rings (SSSR count). The number of benzene rings is 2. The van der Waals surface area contributed by atoms with Crippen molar-refractivity contribution in [2.24, 2.45) is 0 Å². The van der Waals surface area contributed by atoms with Gasteiger partial charge in [-0.05, 0) is 35.9 Å². The number of rotatable bonds is 5. The zero-order chi connectivity index (χ0) is 18.5. The minimum absolute atomic E-state index is 0.00306. The van der Waals surface area contributed by atoms with Gasteiger partial charge < -0.3 is 9.47 Å². The van der Waals surface area contributed by atoms with Crippen molar-refractivity contribution in [3.63, 3.8) is 0 Å². The number of hydrogen-bond donors (Lipinski definition) is 0. The van der Waals surface area contributed by atoms with Gasteiger partial charge in [-0.15, -0.1) is 0 Å². The highest BCUT2D eigenvalue weighted by Gasteiger charge is 2.34. The van der Waals surface area contributed by atoms with Crippen molar-refractivity contribution in [3.05, 3.63) is 59.0 Å². The number of nitrogens with zero attached hydrogens (tertiary/aromatic N) is 2. The van der Waals surface area contributed by atoms with Crippen molar-refractivity contribution in [2.75, 3.05) is 18.6 Å². The second-order valence-electron chi connectivity index (χ2n) is 5.20. The molecule has 2 aromatic rings. The fraction of sp³-hybridized carbons (Fsp3) is 0.105. The van der Waals surface area contributed by atoms with Crippen molar-refractivity contribution in [1.29, 1.82) is 5.26 Å². The molecule has 0 unspecified atom stereocenters. The molecule has 1 saturated heterocycles. The van der Waals surface area contributed by atoms with Gasteiger partial charge in [0.2, 0.25) is 0 Å². The molecule has 0 saturated carbocycles. The highest BCUT2D eigenvalue weighted by molar-refractivity contribution is 8.27. The van der Waals surface area contributed by atoms with Gasteiger partial charge in [0.05, 0.1) is 17.7 Å². The molecule has 0 aromatic heterocycles. The van der Waals surface area contributed by atoms with Crippen LogP contribution < -0.4 is 14.4 Å². The first-order valence-electron chi connectivity index (χ1n) is 7.65. The van der Waals surface area contributed by atoms with Crippen molar-refractivity contribution < 1.29 is 14.3 Å². The van der Waals surface area contributed by atoms with Crippen LogP contribution in [0.15, 0.2) is 53.4 Å². The van der Waals surface area contributed by atoms with Crippen LogP contribution in [0.3, 0.4) is 0 Å². The molecule has 1 amide bonds. The average molecular weight is 382 g/mol. The number of amides is 1. The molecule has 5 nitrogen and oxygen atoms in total. The molecular formula is C19H14N2O3S2. The lowest BCUT2D eigenvalue weighted by Crippen LogP contribution is -2.27. The number of carbonyl (C=O) groups is 1. The van der Waals surface area contributed by atoms with E-state index in [0.29, 0.717) is 26.4 Å². The SMILES string of the molecule is COc1ccccc1N1C(=O)/C(=C/c2ccc(OCC#N)cc2)SC1=S. The molecular weight excluding hydrogens is 368 g/mol. The first-order valence-corrected chi connectivity index (χ1v) is 8.87. The van der Waals surface area contributed by atoms with Gasteiger partial charge in [0.1, 0.15) is 17.6 Å². The third-order valence-corrected chi connectivity index (χ3v) is 4.90. The maximum atomic E-state index is 12.8. The van der Waals surface area contributed by atoms with E-state index in [1.807, 2.05) is 30.3 Å². The summed E-state index contributed by atoms with van der Waals surface area (Å²) in [7, 11) is 1.56. The van der Waals surface area contributed by atoms with E-state index >= 15 is 0 Å². The topological polar surface area (TPSA) is 62.6 Å². The Morgan fingerprint density at radius 1 is 1.23 bits per heavy atom. The molecule has 1 aliphatic rings. The van der Waals surface area contributed by atoms with Gasteiger partial charge in [-0.1, -0.05) is 48.2 Å². The lowest BCUT2D eigenvalue weighted by Gasteiger charge is -2.17.